The number of hydrogen-bond acceptors (Lipinski definition) is 2. The number of carbonyl (C=O) groups excluding carboxylic acids is 1. The van der Waals surface area contributed by atoms with Crippen molar-refractivity contribution < 1.29 is 4.79 Å². The molecule has 1 amide bonds. The summed E-state index contributed by atoms with van der Waals surface area (Å²) in [6, 6.07) is 10.5. The number of rotatable bonds is 4. The summed E-state index contributed by atoms with van der Waals surface area (Å²) in [4.78, 5) is 14.9. The summed E-state index contributed by atoms with van der Waals surface area (Å²) >= 11 is 0. The van der Waals surface area contributed by atoms with E-state index in [9.17, 15) is 4.79 Å². The van der Waals surface area contributed by atoms with Crippen LogP contribution in [0.5, 0.6) is 0 Å². The molecular weight excluding hydrogens is 248 g/mol. The Morgan fingerprint density at radius 3 is 2.55 bits per heavy atom. The van der Waals surface area contributed by atoms with Gasteiger partial charge in [-0.15, -0.1) is 0 Å². The minimum atomic E-state index is -0.362. The molecule has 1 saturated heterocycles. The third-order valence-corrected chi connectivity index (χ3v) is 4.32. The van der Waals surface area contributed by atoms with E-state index in [1.165, 1.54) is 5.56 Å². The highest BCUT2D eigenvalue weighted by molar-refractivity contribution is 5.82. The molecule has 20 heavy (non-hydrogen) atoms. The predicted molar refractivity (Wildman–Crippen MR) is 82.3 cm³/mol. The molecule has 3 nitrogen and oxygen atoms in total. The SMILES string of the molecule is CC1CC(CN)CN1C(=O)C(C)(C)Cc1ccccc1. The molecule has 1 aliphatic heterocycles. The molecule has 0 saturated carbocycles. The fraction of sp³-hybridized carbons (Fsp3) is 0.588. The zero-order chi connectivity index (χ0) is 14.8. The van der Waals surface area contributed by atoms with Gasteiger partial charge in [0.2, 0.25) is 5.91 Å². The summed E-state index contributed by atoms with van der Waals surface area (Å²) in [5.74, 6) is 0.714. The summed E-state index contributed by atoms with van der Waals surface area (Å²) in [6.45, 7) is 7.71. The fourth-order valence-electron chi connectivity index (χ4n) is 3.17. The molecule has 0 bridgehead atoms. The molecule has 1 heterocycles. The van der Waals surface area contributed by atoms with Crippen LogP contribution in [0.2, 0.25) is 0 Å². The number of nitrogens with two attached hydrogens (primary N) is 1. The van der Waals surface area contributed by atoms with Crippen molar-refractivity contribution in [2.75, 3.05) is 13.1 Å². The number of nitrogens with zero attached hydrogens (tertiary/aromatic N) is 1. The Labute approximate surface area is 122 Å². The van der Waals surface area contributed by atoms with E-state index in [2.05, 4.69) is 19.1 Å². The van der Waals surface area contributed by atoms with Gasteiger partial charge in [-0.3, -0.25) is 4.79 Å². The van der Waals surface area contributed by atoms with Gasteiger partial charge in [-0.2, -0.15) is 0 Å². The summed E-state index contributed by atoms with van der Waals surface area (Å²) in [6.07, 6.45) is 1.81. The van der Waals surface area contributed by atoms with Gasteiger partial charge in [-0.1, -0.05) is 44.2 Å². The second-order valence-electron chi connectivity index (χ2n) is 6.69. The molecule has 0 aliphatic carbocycles. The highest BCUT2D eigenvalue weighted by Gasteiger charge is 2.38. The Morgan fingerprint density at radius 1 is 1.35 bits per heavy atom. The zero-order valence-corrected chi connectivity index (χ0v) is 12.8. The van der Waals surface area contributed by atoms with E-state index in [0.29, 0.717) is 18.5 Å². The smallest absolute Gasteiger partial charge is 0.228 e. The lowest BCUT2D eigenvalue weighted by atomic mass is 9.84. The Bertz CT molecular complexity index is 455. The average molecular weight is 274 g/mol. The minimum absolute atomic E-state index is 0.254. The van der Waals surface area contributed by atoms with Gasteiger partial charge < -0.3 is 10.6 Å². The molecule has 0 aromatic heterocycles. The second kappa shape index (κ2) is 5.96. The lowest BCUT2D eigenvalue weighted by Crippen LogP contribution is -2.44. The van der Waals surface area contributed by atoms with Crippen molar-refractivity contribution in [3.63, 3.8) is 0 Å². The maximum absolute atomic E-state index is 12.8. The van der Waals surface area contributed by atoms with Crippen LogP contribution in [0.15, 0.2) is 30.3 Å². The Kier molecular flexibility index (Phi) is 4.48. The lowest BCUT2D eigenvalue weighted by Gasteiger charge is -2.32. The highest BCUT2D eigenvalue weighted by atomic mass is 16.2. The van der Waals surface area contributed by atoms with Crippen LogP contribution in [-0.4, -0.2) is 29.9 Å². The third kappa shape index (κ3) is 3.21. The monoisotopic (exact) mass is 274 g/mol. The maximum Gasteiger partial charge on any atom is 0.228 e. The second-order valence-corrected chi connectivity index (χ2v) is 6.69. The topological polar surface area (TPSA) is 46.3 Å². The van der Waals surface area contributed by atoms with E-state index in [-0.39, 0.29) is 11.3 Å². The van der Waals surface area contributed by atoms with Gasteiger partial charge in [0.25, 0.3) is 0 Å². The fourth-order valence-corrected chi connectivity index (χ4v) is 3.17. The molecule has 2 N–H and O–H groups in total. The molecule has 1 aliphatic rings. The first-order valence-electron chi connectivity index (χ1n) is 7.49. The van der Waals surface area contributed by atoms with E-state index in [0.717, 1.165) is 19.4 Å². The van der Waals surface area contributed by atoms with Crippen molar-refractivity contribution in [3.8, 4) is 0 Å². The van der Waals surface area contributed by atoms with Crippen molar-refractivity contribution in [2.24, 2.45) is 17.1 Å². The molecule has 2 rings (SSSR count). The van der Waals surface area contributed by atoms with Crippen LogP contribution in [0, 0.1) is 11.3 Å². The van der Waals surface area contributed by atoms with Gasteiger partial charge in [-0.25, -0.2) is 0 Å². The number of benzene rings is 1. The molecule has 3 heteroatoms. The molecule has 2 atom stereocenters. The van der Waals surface area contributed by atoms with Gasteiger partial charge in [0, 0.05) is 18.0 Å². The highest BCUT2D eigenvalue weighted by Crippen LogP contribution is 2.30. The molecule has 0 spiro atoms. The standard InChI is InChI=1S/C17H26N2O/c1-13-9-15(11-18)12-19(13)16(20)17(2,3)10-14-7-5-4-6-8-14/h4-8,13,15H,9-12,18H2,1-3H3. The normalized spacial score (nSPS) is 23.1. The van der Waals surface area contributed by atoms with E-state index in [1.54, 1.807) is 0 Å². The first kappa shape index (κ1) is 15.0. The minimum Gasteiger partial charge on any atom is -0.339 e. The van der Waals surface area contributed by atoms with Crippen molar-refractivity contribution >= 4 is 5.91 Å². The maximum atomic E-state index is 12.8. The van der Waals surface area contributed by atoms with E-state index in [1.807, 2.05) is 36.9 Å². The quantitative estimate of drug-likeness (QED) is 0.916. The summed E-state index contributed by atoms with van der Waals surface area (Å²) in [5, 5.41) is 0. The van der Waals surface area contributed by atoms with Crippen molar-refractivity contribution in [1.29, 1.82) is 0 Å². The zero-order valence-electron chi connectivity index (χ0n) is 12.8. The van der Waals surface area contributed by atoms with Gasteiger partial charge in [-0.05, 0) is 37.8 Å². The number of carbonyl (C=O) groups is 1. The van der Waals surface area contributed by atoms with Gasteiger partial charge in [0.15, 0.2) is 0 Å². The van der Waals surface area contributed by atoms with Crippen LogP contribution in [0.25, 0.3) is 0 Å². The predicted octanol–water partition coefficient (Wildman–Crippen LogP) is 2.45. The van der Waals surface area contributed by atoms with E-state index in [4.69, 9.17) is 5.73 Å². The molecule has 110 valence electrons. The first-order chi connectivity index (χ1) is 9.44. The van der Waals surface area contributed by atoms with E-state index < -0.39 is 0 Å². The molecule has 1 aromatic rings. The molecular formula is C17H26N2O. The van der Waals surface area contributed by atoms with E-state index >= 15 is 0 Å². The largest absolute Gasteiger partial charge is 0.339 e. The van der Waals surface area contributed by atoms with Crippen molar-refractivity contribution in [2.45, 2.75) is 39.7 Å². The first-order valence-corrected chi connectivity index (χ1v) is 7.49. The van der Waals surface area contributed by atoms with Crippen LogP contribution < -0.4 is 5.73 Å². The van der Waals surface area contributed by atoms with Crippen LogP contribution >= 0.6 is 0 Å². The van der Waals surface area contributed by atoms with Crippen LogP contribution in [0.4, 0.5) is 0 Å². The van der Waals surface area contributed by atoms with Crippen LogP contribution in [0.3, 0.4) is 0 Å². The summed E-state index contributed by atoms with van der Waals surface area (Å²) in [7, 11) is 0. The third-order valence-electron chi connectivity index (χ3n) is 4.32. The number of amides is 1. The lowest BCUT2D eigenvalue weighted by molar-refractivity contribution is -0.141. The van der Waals surface area contributed by atoms with Crippen molar-refractivity contribution in [3.05, 3.63) is 35.9 Å². The van der Waals surface area contributed by atoms with Gasteiger partial charge >= 0.3 is 0 Å². The van der Waals surface area contributed by atoms with Crippen molar-refractivity contribution in [1.82, 2.24) is 4.90 Å². The Hall–Kier alpha value is -1.35. The van der Waals surface area contributed by atoms with Gasteiger partial charge in [0.1, 0.15) is 0 Å². The van der Waals surface area contributed by atoms with Crippen LogP contribution in [-0.2, 0) is 11.2 Å². The summed E-state index contributed by atoms with van der Waals surface area (Å²) < 4.78 is 0. The summed E-state index contributed by atoms with van der Waals surface area (Å²) in [5.41, 5.74) is 6.61. The Morgan fingerprint density at radius 2 is 2.00 bits per heavy atom. The number of hydrogen-bond donors (Lipinski definition) is 1. The average Bonchev–Trinajstić information content (AvgIpc) is 2.79. The van der Waals surface area contributed by atoms with Crippen LogP contribution in [0.1, 0.15) is 32.8 Å². The number of likely N-dealkylation sites (tertiary alicyclic amines) is 1. The molecule has 1 aromatic carbocycles. The Balaban J connectivity index is 2.07. The molecule has 1 fully saturated rings. The molecule has 0 radical (unpaired) electrons. The molecule has 2 unspecified atom stereocenters. The van der Waals surface area contributed by atoms with Gasteiger partial charge in [0.05, 0.1) is 0 Å².